The molecule has 2 N–H and O–H groups in total. The van der Waals surface area contributed by atoms with Crippen LogP contribution in [0.4, 0.5) is 5.69 Å². The minimum Gasteiger partial charge on any atom is -0.372 e. The van der Waals surface area contributed by atoms with Crippen molar-refractivity contribution in [2.75, 3.05) is 50.7 Å². The zero-order chi connectivity index (χ0) is 19.3. The van der Waals surface area contributed by atoms with E-state index in [2.05, 4.69) is 64.7 Å². The van der Waals surface area contributed by atoms with E-state index >= 15 is 0 Å². The van der Waals surface area contributed by atoms with Crippen LogP contribution in [-0.4, -0.2) is 62.6 Å². The van der Waals surface area contributed by atoms with Crippen LogP contribution in [0.3, 0.4) is 0 Å². The third-order valence-corrected chi connectivity index (χ3v) is 4.77. The van der Waals surface area contributed by atoms with Crippen molar-refractivity contribution in [3.8, 4) is 0 Å². The average molecular weight is 374 g/mol. The molecule has 0 aliphatic carbocycles. The van der Waals surface area contributed by atoms with Crippen LogP contribution in [0.15, 0.2) is 35.3 Å². The number of para-hydroxylation sites is 1. The van der Waals surface area contributed by atoms with Gasteiger partial charge in [-0.05, 0) is 45.2 Å². The Morgan fingerprint density at radius 1 is 1.19 bits per heavy atom. The van der Waals surface area contributed by atoms with E-state index in [0.717, 1.165) is 71.0 Å². The number of benzene rings is 1. The highest BCUT2D eigenvalue weighted by molar-refractivity contribution is 5.79. The Morgan fingerprint density at radius 3 is 2.67 bits per heavy atom. The fourth-order valence-corrected chi connectivity index (χ4v) is 3.32. The van der Waals surface area contributed by atoms with Gasteiger partial charge in [-0.1, -0.05) is 18.2 Å². The molecule has 0 atom stereocenters. The zero-order valence-corrected chi connectivity index (χ0v) is 16.9. The minimum absolute atomic E-state index is 0.294. The van der Waals surface area contributed by atoms with Gasteiger partial charge < -0.3 is 20.4 Å². The van der Waals surface area contributed by atoms with E-state index in [0.29, 0.717) is 12.3 Å². The second-order valence-electron chi connectivity index (χ2n) is 6.79. The molecule has 1 amide bonds. The smallest absolute Gasteiger partial charge is 0.222 e. The molecule has 0 unspecified atom stereocenters. The zero-order valence-electron chi connectivity index (χ0n) is 16.9. The quantitative estimate of drug-likeness (QED) is 0.355. The van der Waals surface area contributed by atoms with Gasteiger partial charge in [0.2, 0.25) is 5.91 Å². The van der Waals surface area contributed by atoms with E-state index in [1.807, 2.05) is 4.90 Å². The molecule has 0 aromatic heterocycles. The normalized spacial score (nSPS) is 14.5. The first-order valence-electron chi connectivity index (χ1n) is 10.3. The number of hydrogen-bond donors (Lipinski definition) is 2. The van der Waals surface area contributed by atoms with Crippen LogP contribution in [-0.2, 0) is 4.79 Å². The Bertz CT molecular complexity index is 575. The summed E-state index contributed by atoms with van der Waals surface area (Å²) in [4.78, 5) is 20.6. The molecule has 1 saturated heterocycles. The lowest BCUT2D eigenvalue weighted by molar-refractivity contribution is -0.127. The first-order chi connectivity index (χ1) is 13.2. The molecule has 0 saturated carbocycles. The number of guanidine groups is 1. The molecule has 27 heavy (non-hydrogen) atoms. The number of amides is 1. The topological polar surface area (TPSA) is 60.0 Å². The summed E-state index contributed by atoms with van der Waals surface area (Å²) in [6.07, 6.45) is 3.69. The third kappa shape index (κ3) is 7.49. The van der Waals surface area contributed by atoms with Gasteiger partial charge in [0.05, 0.1) is 0 Å². The Morgan fingerprint density at radius 2 is 2.00 bits per heavy atom. The van der Waals surface area contributed by atoms with Crippen molar-refractivity contribution in [3.63, 3.8) is 0 Å². The molecule has 1 heterocycles. The van der Waals surface area contributed by atoms with Gasteiger partial charge in [0.15, 0.2) is 5.96 Å². The lowest BCUT2D eigenvalue weighted by Crippen LogP contribution is -2.39. The molecule has 0 radical (unpaired) electrons. The summed E-state index contributed by atoms with van der Waals surface area (Å²) in [6, 6.07) is 10.5. The van der Waals surface area contributed by atoms with Crippen molar-refractivity contribution in [1.82, 2.24) is 15.5 Å². The lowest BCUT2D eigenvalue weighted by atomic mass is 10.2. The molecule has 6 heteroatoms. The van der Waals surface area contributed by atoms with Gasteiger partial charge in [-0.3, -0.25) is 9.79 Å². The van der Waals surface area contributed by atoms with Gasteiger partial charge in [0.25, 0.3) is 0 Å². The van der Waals surface area contributed by atoms with E-state index in [9.17, 15) is 4.79 Å². The van der Waals surface area contributed by atoms with Gasteiger partial charge in [-0.2, -0.15) is 0 Å². The third-order valence-electron chi connectivity index (χ3n) is 4.77. The second-order valence-corrected chi connectivity index (χ2v) is 6.79. The highest BCUT2D eigenvalue weighted by Crippen LogP contribution is 2.12. The van der Waals surface area contributed by atoms with E-state index < -0.39 is 0 Å². The Labute approximate surface area is 164 Å². The standard InChI is InChI=1S/C21H35N5O/c1-3-22-21(24-15-10-18-26-16-8-13-20(26)27)23-14-9-17-25(4-2)19-11-6-5-7-12-19/h5-7,11-12H,3-4,8-10,13-18H2,1-2H3,(H2,22,23,24). The van der Waals surface area contributed by atoms with E-state index in [4.69, 9.17) is 0 Å². The van der Waals surface area contributed by atoms with Crippen molar-refractivity contribution in [2.45, 2.75) is 39.5 Å². The number of carbonyl (C=O) groups excluding carboxylic acids is 1. The van der Waals surface area contributed by atoms with Crippen molar-refractivity contribution in [2.24, 2.45) is 4.99 Å². The number of hydrogen-bond acceptors (Lipinski definition) is 3. The van der Waals surface area contributed by atoms with Gasteiger partial charge in [0.1, 0.15) is 0 Å². The van der Waals surface area contributed by atoms with Crippen LogP contribution in [0.25, 0.3) is 0 Å². The largest absolute Gasteiger partial charge is 0.372 e. The summed E-state index contributed by atoms with van der Waals surface area (Å²) in [5, 5.41) is 6.72. The Hall–Kier alpha value is -2.24. The number of aliphatic imine (C=N–C) groups is 1. The minimum atomic E-state index is 0.294. The van der Waals surface area contributed by atoms with Crippen LogP contribution in [0.1, 0.15) is 39.5 Å². The van der Waals surface area contributed by atoms with Gasteiger partial charge in [-0.25, -0.2) is 0 Å². The lowest BCUT2D eigenvalue weighted by Gasteiger charge is -2.23. The number of anilines is 1. The van der Waals surface area contributed by atoms with E-state index in [1.54, 1.807) is 0 Å². The molecule has 150 valence electrons. The summed E-state index contributed by atoms with van der Waals surface area (Å²) >= 11 is 0. The molecule has 1 aromatic carbocycles. The molecule has 0 spiro atoms. The van der Waals surface area contributed by atoms with E-state index in [1.165, 1.54) is 5.69 Å². The molecule has 1 aliphatic rings. The van der Waals surface area contributed by atoms with Crippen LogP contribution in [0, 0.1) is 0 Å². The molecular formula is C21H35N5O. The van der Waals surface area contributed by atoms with E-state index in [-0.39, 0.29) is 0 Å². The maximum absolute atomic E-state index is 11.6. The maximum Gasteiger partial charge on any atom is 0.222 e. The molecule has 1 aromatic rings. The fourth-order valence-electron chi connectivity index (χ4n) is 3.32. The van der Waals surface area contributed by atoms with Crippen LogP contribution >= 0.6 is 0 Å². The van der Waals surface area contributed by atoms with Gasteiger partial charge in [-0.15, -0.1) is 0 Å². The first kappa shape index (κ1) is 21.1. The van der Waals surface area contributed by atoms with Crippen molar-refractivity contribution in [3.05, 3.63) is 30.3 Å². The highest BCUT2D eigenvalue weighted by atomic mass is 16.2. The summed E-state index contributed by atoms with van der Waals surface area (Å²) in [7, 11) is 0. The first-order valence-corrected chi connectivity index (χ1v) is 10.3. The van der Waals surface area contributed by atoms with Crippen molar-refractivity contribution < 1.29 is 4.79 Å². The Kier molecular flexibility index (Phi) is 9.52. The predicted molar refractivity (Wildman–Crippen MR) is 113 cm³/mol. The number of nitrogens with zero attached hydrogens (tertiary/aromatic N) is 3. The summed E-state index contributed by atoms with van der Waals surface area (Å²) < 4.78 is 0. The molecule has 2 rings (SSSR count). The van der Waals surface area contributed by atoms with Crippen LogP contribution in [0.5, 0.6) is 0 Å². The van der Waals surface area contributed by atoms with Gasteiger partial charge in [0, 0.05) is 57.9 Å². The average Bonchev–Trinajstić information content (AvgIpc) is 3.10. The highest BCUT2D eigenvalue weighted by Gasteiger charge is 2.18. The molecule has 0 bridgehead atoms. The molecular weight excluding hydrogens is 338 g/mol. The number of likely N-dealkylation sites (tertiary alicyclic amines) is 1. The molecule has 1 fully saturated rings. The summed E-state index contributed by atoms with van der Waals surface area (Å²) in [5.74, 6) is 1.16. The molecule has 1 aliphatic heterocycles. The van der Waals surface area contributed by atoms with Gasteiger partial charge >= 0.3 is 0 Å². The van der Waals surface area contributed by atoms with Crippen molar-refractivity contribution >= 4 is 17.6 Å². The Balaban J connectivity index is 1.67. The number of nitrogens with one attached hydrogen (secondary N) is 2. The SMILES string of the molecule is CCNC(=NCCCN1CCCC1=O)NCCCN(CC)c1ccccc1. The van der Waals surface area contributed by atoms with Crippen LogP contribution in [0.2, 0.25) is 0 Å². The summed E-state index contributed by atoms with van der Waals surface area (Å²) in [6.45, 7) is 10.5. The monoisotopic (exact) mass is 373 g/mol. The number of rotatable bonds is 11. The molecule has 6 nitrogen and oxygen atoms in total. The number of carbonyl (C=O) groups is 1. The maximum atomic E-state index is 11.6. The fraction of sp³-hybridized carbons (Fsp3) is 0.619. The second kappa shape index (κ2) is 12.2. The van der Waals surface area contributed by atoms with Crippen molar-refractivity contribution in [1.29, 1.82) is 0 Å². The predicted octanol–water partition coefficient (Wildman–Crippen LogP) is 2.47. The summed E-state index contributed by atoms with van der Waals surface area (Å²) in [5.41, 5.74) is 1.28. The van der Waals surface area contributed by atoms with Crippen LogP contribution < -0.4 is 15.5 Å².